The van der Waals surface area contributed by atoms with Crippen molar-refractivity contribution in [1.29, 1.82) is 0 Å². The average molecular weight is 732 g/mol. The molecule has 0 fully saturated rings. The molecule has 88 valence electrons. The normalized spacial score (nSPS) is 0. The van der Waals surface area contributed by atoms with Gasteiger partial charge in [0.2, 0.25) is 0 Å². The van der Waals surface area contributed by atoms with Crippen LogP contribution in [0, 0.1) is 71.2 Å². The van der Waals surface area contributed by atoms with Crippen molar-refractivity contribution in [2.24, 2.45) is 0 Å². The molecule has 0 saturated heterocycles. The van der Waals surface area contributed by atoms with E-state index in [2.05, 4.69) is 0 Å². The maximum absolute atomic E-state index is 0. The van der Waals surface area contributed by atoms with Crippen LogP contribution >= 0.6 is 0 Å². The summed E-state index contributed by atoms with van der Waals surface area (Å²) in [5.74, 6) is 0. The van der Waals surface area contributed by atoms with Crippen LogP contribution in [0.1, 0.15) is 0 Å². The van der Waals surface area contributed by atoms with Gasteiger partial charge in [0.25, 0.3) is 0 Å². The van der Waals surface area contributed by atoms with Gasteiger partial charge < -0.3 is 60.2 Å². The molecule has 0 N–H and O–H groups in total. The molecule has 0 aliphatic carbocycles. The van der Waals surface area contributed by atoms with E-state index in [4.69, 9.17) is 0 Å². The first-order chi connectivity index (χ1) is 0. The van der Waals surface area contributed by atoms with Crippen molar-refractivity contribution in [2.45, 2.75) is 0 Å². The Labute approximate surface area is 222 Å². The van der Waals surface area contributed by atoms with E-state index in [-0.39, 0.29) is 227 Å². The van der Waals surface area contributed by atoms with Crippen LogP contribution in [0.2, 0.25) is 0 Å². The quantitative estimate of drug-likeness (QED) is 0.262. The molecule has 0 bridgehead atoms. The molecular formula is La2O11Ti2Zr2. The van der Waals surface area contributed by atoms with Gasteiger partial charge >= 0.3 is 167 Å². The zero-order valence-electron chi connectivity index (χ0n) is 7.65. The first kappa shape index (κ1) is 374. The van der Waals surface area contributed by atoms with E-state index in [0.717, 1.165) is 0 Å². The average Bonchev–Trinajstić information content (AvgIpc) is 0. The minimum absolute atomic E-state index is 0. The molecule has 0 saturated carbocycles. The Morgan fingerprint density at radius 3 is 0.235 bits per heavy atom. The Morgan fingerprint density at radius 2 is 0.235 bits per heavy atom. The standard InChI is InChI=1S/2La.11O.2Ti.2Zr/q2*+3;11*-2;4*+4. The fourth-order valence-corrected chi connectivity index (χ4v) is 0. The van der Waals surface area contributed by atoms with Crippen LogP contribution < -0.4 is 0 Å². The van der Waals surface area contributed by atoms with Gasteiger partial charge in [-0.15, -0.1) is 0 Å². The van der Waals surface area contributed by atoms with Crippen molar-refractivity contribution in [3.63, 3.8) is 0 Å². The molecule has 11 nitrogen and oxygen atoms in total. The maximum Gasteiger partial charge on any atom is 4.00 e. The van der Waals surface area contributed by atoms with E-state index in [0.29, 0.717) is 0 Å². The van der Waals surface area contributed by atoms with Gasteiger partial charge in [-0.1, -0.05) is 0 Å². The second-order valence-corrected chi connectivity index (χ2v) is 0. The Balaban J connectivity index is 0. The van der Waals surface area contributed by atoms with Crippen molar-refractivity contribution in [3.8, 4) is 0 Å². The van der Waals surface area contributed by atoms with Crippen molar-refractivity contribution >= 4 is 0 Å². The van der Waals surface area contributed by atoms with Crippen molar-refractivity contribution in [3.05, 3.63) is 0 Å². The van der Waals surface area contributed by atoms with Gasteiger partial charge in [-0.05, 0) is 0 Å². The molecule has 0 aromatic rings. The molecule has 0 rings (SSSR count). The number of hydrogen-bond donors (Lipinski definition) is 0. The van der Waals surface area contributed by atoms with Crippen molar-refractivity contribution in [1.82, 2.24) is 0 Å². The monoisotopic (exact) mass is 729 g/mol. The molecule has 0 atom stereocenters. The van der Waals surface area contributed by atoms with E-state index in [1.54, 1.807) is 0 Å². The van der Waals surface area contributed by atoms with Crippen molar-refractivity contribution in [2.75, 3.05) is 0 Å². The first-order valence-electron chi connectivity index (χ1n) is 0. The molecule has 0 unspecified atom stereocenters. The maximum atomic E-state index is 0. The molecule has 0 aromatic heterocycles. The molecule has 0 radical (unpaired) electrons. The second kappa shape index (κ2) is 324. The summed E-state index contributed by atoms with van der Waals surface area (Å²) in [5.41, 5.74) is 0. The topological polar surface area (TPSA) is 314 Å². The molecule has 0 aromatic carbocycles. The summed E-state index contributed by atoms with van der Waals surface area (Å²) in [4.78, 5) is 0. The van der Waals surface area contributed by atoms with Crippen LogP contribution in [0.4, 0.5) is 0 Å². The SMILES string of the molecule is [La+3].[La+3].[O-2].[O-2].[O-2].[O-2].[O-2].[O-2].[O-2].[O-2].[O-2].[O-2].[O-2].[Ti+4].[Ti+4].[Zr+4].[Zr+4]. The van der Waals surface area contributed by atoms with Crippen LogP contribution in [0.25, 0.3) is 0 Å². The van der Waals surface area contributed by atoms with Gasteiger partial charge in [0.1, 0.15) is 0 Å². The van der Waals surface area contributed by atoms with Crippen LogP contribution in [0.15, 0.2) is 0 Å². The van der Waals surface area contributed by atoms with Crippen LogP contribution in [0.5, 0.6) is 0 Å². The van der Waals surface area contributed by atoms with Crippen LogP contribution in [-0.4, -0.2) is 0 Å². The summed E-state index contributed by atoms with van der Waals surface area (Å²) in [7, 11) is 0. The summed E-state index contributed by atoms with van der Waals surface area (Å²) < 4.78 is 0. The Kier molecular flexibility index (Phi) is 7130. The summed E-state index contributed by atoms with van der Waals surface area (Å²) in [5, 5.41) is 0. The second-order valence-electron chi connectivity index (χ2n) is 0. The number of hydrogen-bond acceptors (Lipinski definition) is 0. The van der Waals surface area contributed by atoms with E-state index in [1.807, 2.05) is 0 Å². The summed E-state index contributed by atoms with van der Waals surface area (Å²) >= 11 is 0. The van der Waals surface area contributed by atoms with Gasteiger partial charge in [0.15, 0.2) is 0 Å². The Hall–Kier alpha value is 5.14. The third kappa shape index (κ3) is 293. The van der Waals surface area contributed by atoms with E-state index in [1.165, 1.54) is 0 Å². The molecule has 0 aliphatic rings. The van der Waals surface area contributed by atoms with E-state index < -0.39 is 0 Å². The minimum Gasteiger partial charge on any atom is -2.00 e. The predicted octanol–water partition coefficient (Wildman–Crippen LogP) is -1.32. The minimum atomic E-state index is 0. The molecule has 0 aliphatic heterocycles. The zero-order valence-corrected chi connectivity index (χ0v) is 22.9. The van der Waals surface area contributed by atoms with E-state index in [9.17, 15) is 0 Å². The van der Waals surface area contributed by atoms with E-state index >= 15 is 0 Å². The Bertz CT molecular complexity index is 25.4. The molecule has 17 heteroatoms. The largest absolute Gasteiger partial charge is 4.00 e. The molecule has 0 amide bonds. The zero-order chi connectivity index (χ0) is 0. The molecular weight excluding hydrogens is 732 g/mol. The predicted molar refractivity (Wildman–Crippen MR) is 7.55 cm³/mol. The van der Waals surface area contributed by atoms with Crippen LogP contribution in [0.3, 0.4) is 0 Å². The third-order valence-electron chi connectivity index (χ3n) is 0. The van der Waals surface area contributed by atoms with Crippen molar-refractivity contribution < 1.29 is 227 Å². The fourth-order valence-electron chi connectivity index (χ4n) is 0. The summed E-state index contributed by atoms with van der Waals surface area (Å²) in [6.45, 7) is 0. The van der Waals surface area contributed by atoms with Crippen LogP contribution in [-0.2, 0) is 156 Å². The first-order valence-corrected chi connectivity index (χ1v) is 0. The molecule has 0 heterocycles. The molecule has 17 heavy (non-hydrogen) atoms. The van der Waals surface area contributed by atoms with Gasteiger partial charge in [-0.2, -0.15) is 0 Å². The van der Waals surface area contributed by atoms with Gasteiger partial charge in [-0.3, -0.25) is 0 Å². The third-order valence-corrected chi connectivity index (χ3v) is 0. The number of rotatable bonds is 0. The smallest absolute Gasteiger partial charge is 2.00 e. The van der Waals surface area contributed by atoms with Gasteiger partial charge in [0, 0.05) is 0 Å². The van der Waals surface area contributed by atoms with Gasteiger partial charge in [-0.25, -0.2) is 0 Å². The summed E-state index contributed by atoms with van der Waals surface area (Å²) in [6, 6.07) is 0. The fraction of sp³-hybridized carbons (Fsp3) is 0. The molecule has 0 spiro atoms. The van der Waals surface area contributed by atoms with Gasteiger partial charge in [0.05, 0.1) is 0 Å². The summed E-state index contributed by atoms with van der Waals surface area (Å²) in [6.07, 6.45) is 0. The Morgan fingerprint density at radius 1 is 0.235 bits per heavy atom.